The zero-order valence-corrected chi connectivity index (χ0v) is 20.9. The Labute approximate surface area is 201 Å². The van der Waals surface area contributed by atoms with Crippen molar-refractivity contribution in [2.45, 2.75) is 46.5 Å². The highest BCUT2D eigenvalue weighted by molar-refractivity contribution is 6.08. The van der Waals surface area contributed by atoms with Crippen LogP contribution in [0.5, 0.6) is 0 Å². The van der Waals surface area contributed by atoms with Gasteiger partial charge >= 0.3 is 0 Å². The number of Topliss-reactive ketones (excluding diaryl/α,β-unsaturated/α-hetero) is 1. The summed E-state index contributed by atoms with van der Waals surface area (Å²) in [6.07, 6.45) is 1.40. The van der Waals surface area contributed by atoms with Crippen LogP contribution in [0.25, 0.3) is 28.0 Å². The number of aryl methyl sites for hydroxylation is 1. The maximum Gasteiger partial charge on any atom is 0.165 e. The molecule has 174 valence electrons. The number of carbonyl (C=O) groups is 1. The molecule has 34 heavy (non-hydrogen) atoms. The first-order chi connectivity index (χ1) is 16.2. The third-order valence-corrected chi connectivity index (χ3v) is 7.02. The topological polar surface area (TPSA) is 51.0 Å². The molecule has 5 heteroatoms. The molecule has 0 fully saturated rings. The van der Waals surface area contributed by atoms with Crippen molar-refractivity contribution in [2.24, 2.45) is 5.41 Å². The van der Waals surface area contributed by atoms with Gasteiger partial charge in [-0.3, -0.25) is 4.79 Å². The van der Waals surface area contributed by atoms with Crippen LogP contribution in [-0.2, 0) is 0 Å². The predicted octanol–water partition coefficient (Wildman–Crippen LogP) is 6.57. The smallest absolute Gasteiger partial charge is 0.165 e. The number of carbonyl (C=O) groups excluding carboxylic acids is 1. The van der Waals surface area contributed by atoms with Gasteiger partial charge in [0.2, 0.25) is 0 Å². The van der Waals surface area contributed by atoms with Crippen LogP contribution >= 0.6 is 0 Å². The Hall–Kier alpha value is -3.47. The molecule has 4 aromatic rings. The number of rotatable bonds is 3. The summed E-state index contributed by atoms with van der Waals surface area (Å²) in [6, 6.07) is 18.4. The fraction of sp³-hybridized carbons (Fsp3) is 0.345. The summed E-state index contributed by atoms with van der Waals surface area (Å²) >= 11 is 0. The summed E-state index contributed by atoms with van der Waals surface area (Å²) in [5, 5.41) is 5.95. The fourth-order valence-corrected chi connectivity index (χ4v) is 5.27. The third kappa shape index (κ3) is 3.60. The zero-order chi connectivity index (χ0) is 24.2. The Balaban J connectivity index is 1.88. The molecular weight excluding hydrogens is 420 g/mol. The standard InChI is InChI=1S/C29H32N4O/c1-18-24-25-22(29(2,3)4)16-17-23(34)26(25)27(19-12-14-20(15-13-19)32(5)6)30-28(24)33(31-18)21-10-8-7-9-11-21/h7-15,22H,16-17H2,1-6H3/t22-/m1/s1. The summed E-state index contributed by atoms with van der Waals surface area (Å²) < 4.78 is 1.93. The highest BCUT2D eigenvalue weighted by Crippen LogP contribution is 2.49. The van der Waals surface area contributed by atoms with Gasteiger partial charge < -0.3 is 4.90 Å². The number of hydrogen-bond donors (Lipinski definition) is 0. The Bertz CT molecular complexity index is 1380. The second-order valence-electron chi connectivity index (χ2n) is 10.6. The van der Waals surface area contributed by atoms with Crippen LogP contribution in [0, 0.1) is 12.3 Å². The van der Waals surface area contributed by atoms with E-state index < -0.39 is 0 Å². The molecular formula is C29H32N4O. The van der Waals surface area contributed by atoms with E-state index in [1.54, 1.807) is 0 Å². The Morgan fingerprint density at radius 2 is 1.68 bits per heavy atom. The van der Waals surface area contributed by atoms with Gasteiger partial charge in [0.15, 0.2) is 11.4 Å². The monoisotopic (exact) mass is 452 g/mol. The Morgan fingerprint density at radius 1 is 1.00 bits per heavy atom. The molecule has 5 nitrogen and oxygen atoms in total. The lowest BCUT2D eigenvalue weighted by Crippen LogP contribution is -2.27. The van der Waals surface area contributed by atoms with Gasteiger partial charge in [0, 0.05) is 42.7 Å². The average Bonchev–Trinajstić information content (AvgIpc) is 3.15. The van der Waals surface area contributed by atoms with Crippen molar-refractivity contribution in [3.05, 3.63) is 71.4 Å². The molecule has 0 aliphatic heterocycles. The van der Waals surface area contributed by atoms with Gasteiger partial charge in [-0.05, 0) is 54.5 Å². The molecule has 0 saturated carbocycles. The van der Waals surface area contributed by atoms with Crippen LogP contribution in [0.15, 0.2) is 54.6 Å². The quantitative estimate of drug-likeness (QED) is 0.353. The van der Waals surface area contributed by atoms with E-state index in [1.807, 2.05) is 56.0 Å². The SMILES string of the molecule is Cc1nn(-c2ccccc2)c2nc(-c3ccc(N(C)C)cc3)c3c(c12)[C@H](C(C)(C)C)CCC3=O. The molecule has 0 N–H and O–H groups in total. The average molecular weight is 453 g/mol. The number of aromatic nitrogens is 3. The minimum absolute atomic E-state index is 0.0110. The normalized spacial score (nSPS) is 16.1. The maximum absolute atomic E-state index is 13.5. The van der Waals surface area contributed by atoms with E-state index in [0.717, 1.165) is 56.9 Å². The Morgan fingerprint density at radius 3 is 2.29 bits per heavy atom. The van der Waals surface area contributed by atoms with Crippen molar-refractivity contribution in [2.75, 3.05) is 19.0 Å². The number of nitrogens with zero attached hydrogens (tertiary/aromatic N) is 4. The molecule has 0 amide bonds. The highest BCUT2D eigenvalue weighted by Gasteiger charge is 2.38. The largest absolute Gasteiger partial charge is 0.378 e. The van der Waals surface area contributed by atoms with Crippen LogP contribution in [0.3, 0.4) is 0 Å². The molecule has 0 spiro atoms. The minimum Gasteiger partial charge on any atom is -0.378 e. The van der Waals surface area contributed by atoms with Gasteiger partial charge in [0.1, 0.15) is 0 Å². The third-order valence-electron chi connectivity index (χ3n) is 7.02. The van der Waals surface area contributed by atoms with Crippen LogP contribution < -0.4 is 4.90 Å². The molecule has 2 aromatic carbocycles. The van der Waals surface area contributed by atoms with E-state index in [1.165, 1.54) is 0 Å². The summed E-state index contributed by atoms with van der Waals surface area (Å²) in [5.74, 6) is 0.432. The number of benzene rings is 2. The number of ketones is 1. The van der Waals surface area contributed by atoms with Crippen molar-refractivity contribution >= 4 is 22.5 Å². The van der Waals surface area contributed by atoms with E-state index in [0.29, 0.717) is 6.42 Å². The maximum atomic E-state index is 13.5. The summed E-state index contributed by atoms with van der Waals surface area (Å²) in [5.41, 5.74) is 7.47. The van der Waals surface area contributed by atoms with Crippen LogP contribution in [0.4, 0.5) is 5.69 Å². The molecule has 2 heterocycles. The van der Waals surface area contributed by atoms with Gasteiger partial charge in [-0.15, -0.1) is 0 Å². The minimum atomic E-state index is 0.0110. The summed E-state index contributed by atoms with van der Waals surface area (Å²) in [6.45, 7) is 8.85. The molecule has 0 saturated heterocycles. The highest BCUT2D eigenvalue weighted by atomic mass is 16.1. The number of pyridine rings is 1. The van der Waals surface area contributed by atoms with Gasteiger partial charge in [0.25, 0.3) is 0 Å². The number of anilines is 1. The molecule has 0 bridgehead atoms. The van der Waals surface area contributed by atoms with Gasteiger partial charge in [-0.2, -0.15) is 5.10 Å². The lowest BCUT2D eigenvalue weighted by Gasteiger charge is -2.36. The van der Waals surface area contributed by atoms with Gasteiger partial charge in [-0.1, -0.05) is 51.1 Å². The van der Waals surface area contributed by atoms with Crippen molar-refractivity contribution in [3.63, 3.8) is 0 Å². The number of fused-ring (bicyclic) bond motifs is 3. The molecule has 1 atom stereocenters. The zero-order valence-electron chi connectivity index (χ0n) is 20.9. The second kappa shape index (κ2) is 8.08. The predicted molar refractivity (Wildman–Crippen MR) is 139 cm³/mol. The molecule has 5 rings (SSSR count). The van der Waals surface area contributed by atoms with E-state index in [4.69, 9.17) is 10.1 Å². The Kier molecular flexibility index (Phi) is 5.31. The number of para-hydroxylation sites is 1. The lowest BCUT2D eigenvalue weighted by atomic mass is 9.67. The van der Waals surface area contributed by atoms with Gasteiger partial charge in [0.05, 0.1) is 17.1 Å². The van der Waals surface area contributed by atoms with E-state index in [-0.39, 0.29) is 17.1 Å². The second-order valence-corrected chi connectivity index (χ2v) is 10.6. The first kappa shape index (κ1) is 22.3. The van der Waals surface area contributed by atoms with Crippen molar-refractivity contribution in [1.29, 1.82) is 0 Å². The van der Waals surface area contributed by atoms with Crippen LogP contribution in [0.1, 0.15) is 61.1 Å². The van der Waals surface area contributed by atoms with Crippen LogP contribution in [-0.4, -0.2) is 34.6 Å². The molecule has 2 aromatic heterocycles. The van der Waals surface area contributed by atoms with Crippen LogP contribution in [0.2, 0.25) is 0 Å². The first-order valence-electron chi connectivity index (χ1n) is 12.0. The van der Waals surface area contributed by atoms with E-state index >= 15 is 0 Å². The molecule has 1 aliphatic carbocycles. The van der Waals surface area contributed by atoms with Crippen molar-refractivity contribution in [1.82, 2.24) is 14.8 Å². The summed E-state index contributed by atoms with van der Waals surface area (Å²) in [4.78, 5) is 20.7. The fourth-order valence-electron chi connectivity index (χ4n) is 5.27. The van der Waals surface area contributed by atoms with E-state index in [9.17, 15) is 4.79 Å². The molecule has 0 radical (unpaired) electrons. The molecule has 1 aliphatic rings. The lowest BCUT2D eigenvalue weighted by molar-refractivity contribution is 0.0955. The summed E-state index contributed by atoms with van der Waals surface area (Å²) in [7, 11) is 4.06. The molecule has 0 unspecified atom stereocenters. The van der Waals surface area contributed by atoms with Crippen molar-refractivity contribution in [3.8, 4) is 16.9 Å². The first-order valence-corrected chi connectivity index (χ1v) is 12.0. The van der Waals surface area contributed by atoms with Crippen molar-refractivity contribution < 1.29 is 4.79 Å². The number of hydrogen-bond acceptors (Lipinski definition) is 4. The van der Waals surface area contributed by atoms with Gasteiger partial charge in [-0.25, -0.2) is 9.67 Å². The van der Waals surface area contributed by atoms with E-state index in [2.05, 4.69) is 49.9 Å².